The lowest BCUT2D eigenvalue weighted by atomic mass is 10.00. The summed E-state index contributed by atoms with van der Waals surface area (Å²) in [6, 6.07) is 13.4. The summed E-state index contributed by atoms with van der Waals surface area (Å²) in [6.07, 6.45) is 2.35. The van der Waals surface area contributed by atoms with E-state index in [0.717, 1.165) is 35.8 Å². The molecule has 5 nitrogen and oxygen atoms in total. The van der Waals surface area contributed by atoms with Crippen molar-refractivity contribution in [1.82, 2.24) is 10.6 Å². The molecule has 0 radical (unpaired) electrons. The van der Waals surface area contributed by atoms with Gasteiger partial charge in [-0.25, -0.2) is 0 Å². The SMILES string of the molecule is CC(C)C(NC(=O)Cc1cccc2ccccc12)C(=O)NCC1CCCO1. The van der Waals surface area contributed by atoms with Crippen molar-refractivity contribution in [1.29, 1.82) is 0 Å². The number of amides is 2. The first-order valence-corrected chi connectivity index (χ1v) is 9.70. The van der Waals surface area contributed by atoms with Crippen LogP contribution in [0.15, 0.2) is 42.5 Å². The minimum Gasteiger partial charge on any atom is -0.376 e. The van der Waals surface area contributed by atoms with E-state index >= 15 is 0 Å². The van der Waals surface area contributed by atoms with E-state index < -0.39 is 6.04 Å². The molecule has 27 heavy (non-hydrogen) atoms. The van der Waals surface area contributed by atoms with Crippen LogP contribution >= 0.6 is 0 Å². The van der Waals surface area contributed by atoms with E-state index in [9.17, 15) is 9.59 Å². The molecule has 1 saturated heterocycles. The zero-order valence-electron chi connectivity index (χ0n) is 16.0. The molecule has 2 atom stereocenters. The number of hydrogen-bond acceptors (Lipinski definition) is 3. The van der Waals surface area contributed by atoms with Gasteiger partial charge in [0.2, 0.25) is 11.8 Å². The molecule has 2 aromatic carbocycles. The van der Waals surface area contributed by atoms with Crippen LogP contribution in [0, 0.1) is 5.92 Å². The number of benzene rings is 2. The second-order valence-electron chi connectivity index (χ2n) is 7.48. The summed E-state index contributed by atoms with van der Waals surface area (Å²) in [5, 5.41) is 8.02. The summed E-state index contributed by atoms with van der Waals surface area (Å²) in [5.41, 5.74) is 0.966. The lowest BCUT2D eigenvalue weighted by molar-refractivity contribution is -0.130. The number of rotatable bonds is 7. The van der Waals surface area contributed by atoms with Gasteiger partial charge in [0.25, 0.3) is 0 Å². The Morgan fingerprint density at radius 3 is 2.67 bits per heavy atom. The van der Waals surface area contributed by atoms with Gasteiger partial charge in [0.15, 0.2) is 0 Å². The number of fused-ring (bicyclic) bond motifs is 1. The highest BCUT2D eigenvalue weighted by atomic mass is 16.5. The first-order chi connectivity index (χ1) is 13.0. The van der Waals surface area contributed by atoms with Crippen LogP contribution in [0.3, 0.4) is 0 Å². The Labute approximate surface area is 160 Å². The zero-order chi connectivity index (χ0) is 19.2. The van der Waals surface area contributed by atoms with Gasteiger partial charge < -0.3 is 15.4 Å². The van der Waals surface area contributed by atoms with Crippen molar-refractivity contribution >= 4 is 22.6 Å². The highest BCUT2D eigenvalue weighted by Crippen LogP contribution is 2.19. The van der Waals surface area contributed by atoms with Crippen molar-refractivity contribution in [3.63, 3.8) is 0 Å². The van der Waals surface area contributed by atoms with Gasteiger partial charge in [0.05, 0.1) is 12.5 Å². The third-order valence-corrected chi connectivity index (χ3v) is 5.02. The van der Waals surface area contributed by atoms with Gasteiger partial charge in [-0.2, -0.15) is 0 Å². The monoisotopic (exact) mass is 368 g/mol. The molecule has 5 heteroatoms. The Morgan fingerprint density at radius 1 is 1.15 bits per heavy atom. The molecule has 144 valence electrons. The smallest absolute Gasteiger partial charge is 0.242 e. The number of ether oxygens (including phenoxy) is 1. The maximum Gasteiger partial charge on any atom is 0.242 e. The van der Waals surface area contributed by atoms with E-state index in [1.807, 2.05) is 56.3 Å². The van der Waals surface area contributed by atoms with Crippen molar-refractivity contribution in [2.24, 2.45) is 5.92 Å². The average molecular weight is 368 g/mol. The van der Waals surface area contributed by atoms with Crippen molar-refractivity contribution in [3.05, 3.63) is 48.0 Å². The quantitative estimate of drug-likeness (QED) is 0.790. The van der Waals surface area contributed by atoms with Crippen molar-refractivity contribution in [3.8, 4) is 0 Å². The zero-order valence-corrected chi connectivity index (χ0v) is 16.0. The van der Waals surface area contributed by atoms with E-state index in [4.69, 9.17) is 4.74 Å². The maximum absolute atomic E-state index is 12.6. The van der Waals surface area contributed by atoms with E-state index in [2.05, 4.69) is 10.6 Å². The molecule has 1 aliphatic rings. The largest absolute Gasteiger partial charge is 0.376 e. The van der Waals surface area contributed by atoms with Crippen LogP contribution in [-0.2, 0) is 20.7 Å². The summed E-state index contributed by atoms with van der Waals surface area (Å²) in [4.78, 5) is 25.2. The fraction of sp³-hybridized carbons (Fsp3) is 0.455. The predicted molar refractivity (Wildman–Crippen MR) is 106 cm³/mol. The van der Waals surface area contributed by atoms with Crippen LogP contribution in [-0.4, -0.2) is 37.1 Å². The van der Waals surface area contributed by atoms with Crippen LogP contribution in [0.2, 0.25) is 0 Å². The van der Waals surface area contributed by atoms with Crippen LogP contribution in [0.5, 0.6) is 0 Å². The van der Waals surface area contributed by atoms with E-state index in [0.29, 0.717) is 6.54 Å². The summed E-state index contributed by atoms with van der Waals surface area (Å²) < 4.78 is 5.54. The molecule has 2 N–H and O–H groups in total. The lowest BCUT2D eigenvalue weighted by Gasteiger charge is -2.23. The lowest BCUT2D eigenvalue weighted by Crippen LogP contribution is -2.51. The highest BCUT2D eigenvalue weighted by Gasteiger charge is 2.25. The molecule has 2 unspecified atom stereocenters. The predicted octanol–water partition coefficient (Wildman–Crippen LogP) is 2.82. The van der Waals surface area contributed by atoms with Gasteiger partial charge >= 0.3 is 0 Å². The Balaban J connectivity index is 1.61. The van der Waals surface area contributed by atoms with E-state index in [-0.39, 0.29) is 30.3 Å². The van der Waals surface area contributed by atoms with Crippen molar-refractivity contribution in [2.75, 3.05) is 13.2 Å². The molecular weight excluding hydrogens is 340 g/mol. The molecule has 2 aromatic rings. The van der Waals surface area contributed by atoms with Gasteiger partial charge in [-0.1, -0.05) is 56.3 Å². The second-order valence-corrected chi connectivity index (χ2v) is 7.48. The molecular formula is C22H28N2O3. The summed E-state index contributed by atoms with van der Waals surface area (Å²) >= 11 is 0. The molecule has 0 saturated carbocycles. The average Bonchev–Trinajstić information content (AvgIpc) is 3.18. The van der Waals surface area contributed by atoms with Gasteiger partial charge in [0, 0.05) is 13.2 Å². The van der Waals surface area contributed by atoms with E-state index in [1.165, 1.54) is 0 Å². The minimum absolute atomic E-state index is 0.00552. The topological polar surface area (TPSA) is 67.4 Å². The summed E-state index contributed by atoms with van der Waals surface area (Å²) in [6.45, 7) is 5.14. The summed E-state index contributed by atoms with van der Waals surface area (Å²) in [5.74, 6) is -0.282. The normalized spacial score (nSPS) is 17.8. The van der Waals surface area contributed by atoms with Gasteiger partial charge in [-0.3, -0.25) is 9.59 Å². The molecule has 1 aliphatic heterocycles. The third-order valence-electron chi connectivity index (χ3n) is 5.02. The van der Waals surface area contributed by atoms with Gasteiger partial charge in [-0.05, 0) is 35.1 Å². The Bertz CT molecular complexity index is 792. The third kappa shape index (κ3) is 5.07. The van der Waals surface area contributed by atoms with Crippen LogP contribution in [0.25, 0.3) is 10.8 Å². The van der Waals surface area contributed by atoms with Gasteiger partial charge in [-0.15, -0.1) is 0 Å². The van der Waals surface area contributed by atoms with Crippen LogP contribution in [0.4, 0.5) is 0 Å². The van der Waals surface area contributed by atoms with Crippen LogP contribution in [0.1, 0.15) is 32.3 Å². The molecule has 0 bridgehead atoms. The molecule has 1 fully saturated rings. The standard InChI is InChI=1S/C22H28N2O3/c1-15(2)21(22(26)23-14-18-10-6-12-27-18)24-20(25)13-17-9-5-8-16-7-3-4-11-19(16)17/h3-5,7-9,11,15,18,21H,6,10,12-14H2,1-2H3,(H,23,26)(H,24,25). The molecule has 0 aliphatic carbocycles. The number of hydrogen-bond donors (Lipinski definition) is 2. The molecule has 1 heterocycles. The van der Waals surface area contributed by atoms with Crippen molar-refractivity contribution in [2.45, 2.75) is 45.3 Å². The molecule has 3 rings (SSSR count). The Morgan fingerprint density at radius 2 is 1.93 bits per heavy atom. The number of carbonyl (C=O) groups excluding carboxylic acids is 2. The Hall–Kier alpha value is -2.40. The first kappa shape index (κ1) is 19.4. The number of nitrogens with one attached hydrogen (secondary N) is 2. The van der Waals surface area contributed by atoms with E-state index in [1.54, 1.807) is 0 Å². The van der Waals surface area contributed by atoms with Crippen LogP contribution < -0.4 is 10.6 Å². The highest BCUT2D eigenvalue weighted by molar-refractivity contribution is 5.92. The molecule has 0 aromatic heterocycles. The first-order valence-electron chi connectivity index (χ1n) is 9.70. The molecule has 0 spiro atoms. The minimum atomic E-state index is -0.547. The maximum atomic E-state index is 12.6. The fourth-order valence-corrected chi connectivity index (χ4v) is 3.51. The summed E-state index contributed by atoms with van der Waals surface area (Å²) in [7, 11) is 0. The van der Waals surface area contributed by atoms with Gasteiger partial charge in [0.1, 0.15) is 6.04 Å². The molecule has 2 amide bonds. The second kappa shape index (κ2) is 9.00. The number of carbonyl (C=O) groups is 2. The Kier molecular flexibility index (Phi) is 6.45. The fourth-order valence-electron chi connectivity index (χ4n) is 3.51. The van der Waals surface area contributed by atoms with Crippen molar-refractivity contribution < 1.29 is 14.3 Å².